The summed E-state index contributed by atoms with van der Waals surface area (Å²) in [6.07, 6.45) is 1.48. The van der Waals surface area contributed by atoms with Gasteiger partial charge in [-0.2, -0.15) is 0 Å². The predicted octanol–water partition coefficient (Wildman–Crippen LogP) is 2.94. The van der Waals surface area contributed by atoms with E-state index in [0.717, 1.165) is 18.6 Å². The Morgan fingerprint density at radius 3 is 2.48 bits per heavy atom. The molecule has 1 aliphatic carbocycles. The number of nitrogens with zero attached hydrogens (tertiary/aromatic N) is 1. The van der Waals surface area contributed by atoms with Crippen LogP contribution in [0.15, 0.2) is 12.1 Å². The number of hydrogen-bond acceptors (Lipinski definition) is 2. The van der Waals surface area contributed by atoms with E-state index in [0.29, 0.717) is 18.9 Å². The molecule has 1 aromatic carbocycles. The minimum absolute atomic E-state index is 0.0608. The van der Waals surface area contributed by atoms with Gasteiger partial charge in [-0.05, 0) is 30.9 Å². The van der Waals surface area contributed by atoms with Gasteiger partial charge in [0.25, 0.3) is 0 Å². The number of carbonyl (C=O) groups excluding carboxylic acids is 2. The first-order valence-electron chi connectivity index (χ1n) is 7.57. The van der Waals surface area contributed by atoms with E-state index in [4.69, 9.17) is 0 Å². The van der Waals surface area contributed by atoms with Crippen LogP contribution in [0, 0.1) is 29.3 Å². The van der Waals surface area contributed by atoms with Gasteiger partial charge in [-0.15, -0.1) is 0 Å². The Morgan fingerprint density at radius 2 is 1.91 bits per heavy atom. The van der Waals surface area contributed by atoms with Gasteiger partial charge in [-0.25, -0.2) is 13.2 Å². The summed E-state index contributed by atoms with van der Waals surface area (Å²) in [5.41, 5.74) is -0.447. The van der Waals surface area contributed by atoms with Crippen molar-refractivity contribution in [2.75, 3.05) is 18.4 Å². The van der Waals surface area contributed by atoms with Crippen molar-refractivity contribution >= 4 is 17.5 Å². The predicted molar refractivity (Wildman–Crippen MR) is 79.1 cm³/mol. The maximum atomic E-state index is 13.5. The van der Waals surface area contributed by atoms with E-state index in [1.807, 2.05) is 13.8 Å². The molecule has 1 aliphatic rings. The minimum Gasteiger partial charge on any atom is -0.333 e. The van der Waals surface area contributed by atoms with Crippen LogP contribution in [0.4, 0.5) is 18.9 Å². The molecule has 4 nitrogen and oxygen atoms in total. The molecule has 2 atom stereocenters. The van der Waals surface area contributed by atoms with Crippen molar-refractivity contribution in [1.82, 2.24) is 4.90 Å². The van der Waals surface area contributed by atoms with E-state index in [2.05, 4.69) is 5.32 Å². The third-order valence-corrected chi connectivity index (χ3v) is 3.88. The highest BCUT2D eigenvalue weighted by atomic mass is 19.2. The SMILES string of the molecule is CCCN(CC(=O)Nc1ccc(F)c(F)c1F)C(=O)C1CC1C. The molecule has 0 aromatic heterocycles. The van der Waals surface area contributed by atoms with E-state index in [9.17, 15) is 22.8 Å². The van der Waals surface area contributed by atoms with Crippen LogP contribution in [-0.4, -0.2) is 29.8 Å². The van der Waals surface area contributed by atoms with Crippen LogP contribution in [0.25, 0.3) is 0 Å². The lowest BCUT2D eigenvalue weighted by atomic mass is 10.2. The molecule has 2 unspecified atom stereocenters. The number of nitrogens with one attached hydrogen (secondary N) is 1. The molecule has 2 rings (SSSR count). The Bertz CT molecular complexity index is 622. The molecule has 0 bridgehead atoms. The minimum atomic E-state index is -1.64. The topological polar surface area (TPSA) is 49.4 Å². The molecule has 1 N–H and O–H groups in total. The number of rotatable bonds is 6. The van der Waals surface area contributed by atoms with Crippen LogP contribution in [0.5, 0.6) is 0 Å². The first-order chi connectivity index (χ1) is 10.8. The first kappa shape index (κ1) is 17.3. The summed E-state index contributed by atoms with van der Waals surface area (Å²) >= 11 is 0. The second kappa shape index (κ2) is 7.02. The van der Waals surface area contributed by atoms with Gasteiger partial charge >= 0.3 is 0 Å². The van der Waals surface area contributed by atoms with Gasteiger partial charge in [0.15, 0.2) is 17.5 Å². The largest absolute Gasteiger partial charge is 0.333 e. The molecule has 126 valence electrons. The summed E-state index contributed by atoms with van der Waals surface area (Å²) in [6.45, 7) is 4.01. The molecular weight excluding hydrogens is 309 g/mol. The highest BCUT2D eigenvalue weighted by molar-refractivity contribution is 5.95. The zero-order valence-electron chi connectivity index (χ0n) is 13.0. The Labute approximate surface area is 132 Å². The van der Waals surface area contributed by atoms with Crippen molar-refractivity contribution in [3.63, 3.8) is 0 Å². The number of hydrogen-bond donors (Lipinski definition) is 1. The Balaban J connectivity index is 2.02. The van der Waals surface area contributed by atoms with Crippen molar-refractivity contribution in [3.05, 3.63) is 29.6 Å². The molecule has 1 saturated carbocycles. The third kappa shape index (κ3) is 4.03. The fourth-order valence-electron chi connectivity index (χ4n) is 2.42. The maximum absolute atomic E-state index is 13.5. The Kier molecular flexibility index (Phi) is 5.28. The summed E-state index contributed by atoms with van der Waals surface area (Å²) in [7, 11) is 0. The quantitative estimate of drug-likeness (QED) is 0.816. The van der Waals surface area contributed by atoms with Crippen LogP contribution >= 0.6 is 0 Å². The lowest BCUT2D eigenvalue weighted by Crippen LogP contribution is -2.39. The van der Waals surface area contributed by atoms with Crippen molar-refractivity contribution in [2.45, 2.75) is 26.7 Å². The molecule has 0 aliphatic heterocycles. The summed E-state index contributed by atoms with van der Waals surface area (Å²) in [5, 5.41) is 2.18. The number of anilines is 1. The molecule has 0 radical (unpaired) electrons. The molecule has 2 amide bonds. The van der Waals surface area contributed by atoms with Gasteiger partial charge in [0.2, 0.25) is 11.8 Å². The van der Waals surface area contributed by atoms with E-state index >= 15 is 0 Å². The van der Waals surface area contributed by atoms with Crippen molar-refractivity contribution in [1.29, 1.82) is 0 Å². The highest BCUT2D eigenvalue weighted by Gasteiger charge is 2.41. The van der Waals surface area contributed by atoms with Crippen LogP contribution < -0.4 is 5.32 Å². The second-order valence-corrected chi connectivity index (χ2v) is 5.85. The van der Waals surface area contributed by atoms with Crippen LogP contribution in [0.2, 0.25) is 0 Å². The lowest BCUT2D eigenvalue weighted by Gasteiger charge is -2.22. The average Bonchev–Trinajstić information content (AvgIpc) is 3.23. The average molecular weight is 328 g/mol. The fraction of sp³-hybridized carbons (Fsp3) is 0.500. The first-order valence-corrected chi connectivity index (χ1v) is 7.57. The molecule has 23 heavy (non-hydrogen) atoms. The van der Waals surface area contributed by atoms with Gasteiger partial charge in [0.05, 0.1) is 12.2 Å². The van der Waals surface area contributed by atoms with Crippen molar-refractivity contribution in [2.24, 2.45) is 11.8 Å². The van der Waals surface area contributed by atoms with Gasteiger partial charge in [0, 0.05) is 12.5 Å². The maximum Gasteiger partial charge on any atom is 0.244 e. The molecule has 1 fully saturated rings. The monoisotopic (exact) mass is 328 g/mol. The summed E-state index contributed by atoms with van der Waals surface area (Å²) in [6, 6.07) is 1.68. The van der Waals surface area contributed by atoms with Gasteiger partial charge in [-0.1, -0.05) is 13.8 Å². The lowest BCUT2D eigenvalue weighted by molar-refractivity contribution is -0.136. The zero-order chi connectivity index (χ0) is 17.1. The molecule has 0 saturated heterocycles. The van der Waals surface area contributed by atoms with Crippen LogP contribution in [-0.2, 0) is 9.59 Å². The molecule has 7 heteroatoms. The molecular formula is C16H19F3N2O2. The number of carbonyl (C=O) groups is 2. The number of benzene rings is 1. The Hall–Kier alpha value is -2.05. The molecule has 1 aromatic rings. The van der Waals surface area contributed by atoms with Crippen LogP contribution in [0.1, 0.15) is 26.7 Å². The van der Waals surface area contributed by atoms with E-state index in [1.165, 1.54) is 4.90 Å². The number of halogens is 3. The second-order valence-electron chi connectivity index (χ2n) is 5.85. The Morgan fingerprint density at radius 1 is 1.26 bits per heavy atom. The molecule has 0 spiro atoms. The standard InChI is InChI=1S/C16H19F3N2O2/c1-3-6-21(16(23)10-7-9(10)2)8-13(22)20-12-5-4-11(17)14(18)15(12)19/h4-5,9-10H,3,6-8H2,1-2H3,(H,20,22). The highest BCUT2D eigenvalue weighted by Crippen LogP contribution is 2.39. The van der Waals surface area contributed by atoms with Gasteiger partial charge in [0.1, 0.15) is 0 Å². The molecule has 0 heterocycles. The summed E-state index contributed by atoms with van der Waals surface area (Å²) in [5.74, 6) is -4.92. The van der Waals surface area contributed by atoms with E-state index in [-0.39, 0.29) is 18.4 Å². The summed E-state index contributed by atoms with van der Waals surface area (Å²) in [4.78, 5) is 25.6. The van der Waals surface area contributed by atoms with Gasteiger partial charge < -0.3 is 10.2 Å². The van der Waals surface area contributed by atoms with Crippen molar-refractivity contribution < 1.29 is 22.8 Å². The smallest absolute Gasteiger partial charge is 0.244 e. The van der Waals surface area contributed by atoms with E-state index in [1.54, 1.807) is 0 Å². The van der Waals surface area contributed by atoms with Crippen molar-refractivity contribution in [3.8, 4) is 0 Å². The summed E-state index contributed by atoms with van der Waals surface area (Å²) < 4.78 is 39.6. The third-order valence-electron chi connectivity index (χ3n) is 3.88. The van der Waals surface area contributed by atoms with E-state index < -0.39 is 29.0 Å². The number of amides is 2. The van der Waals surface area contributed by atoms with Gasteiger partial charge in [-0.3, -0.25) is 9.59 Å². The normalized spacial score (nSPS) is 19.3. The van der Waals surface area contributed by atoms with Crippen LogP contribution in [0.3, 0.4) is 0 Å². The zero-order valence-corrected chi connectivity index (χ0v) is 13.0. The fourth-order valence-corrected chi connectivity index (χ4v) is 2.42.